The maximum absolute atomic E-state index is 12.9. The second-order valence-corrected chi connectivity index (χ2v) is 20.0. The molecule has 0 aromatic carbocycles. The van der Waals surface area contributed by atoms with Gasteiger partial charge >= 0.3 is 5.97 Å². The number of rotatable bonds is 7. The Bertz CT molecular complexity index is 1390. The van der Waals surface area contributed by atoms with Crippen LogP contribution in [-0.4, -0.2) is 101 Å². The van der Waals surface area contributed by atoms with Gasteiger partial charge in [-0.05, 0) is 135 Å². The van der Waals surface area contributed by atoms with Crippen LogP contribution in [0.3, 0.4) is 0 Å². The number of carbonyl (C=O) groups is 2. The van der Waals surface area contributed by atoms with Gasteiger partial charge in [0.1, 0.15) is 6.04 Å². The highest BCUT2D eigenvalue weighted by atomic mass is 16.7. The van der Waals surface area contributed by atoms with E-state index in [4.69, 9.17) is 14.2 Å². The molecule has 0 aromatic heterocycles. The van der Waals surface area contributed by atoms with Crippen LogP contribution in [0.25, 0.3) is 0 Å². The van der Waals surface area contributed by atoms with Gasteiger partial charge in [-0.1, -0.05) is 34.6 Å². The van der Waals surface area contributed by atoms with Crippen LogP contribution in [0.2, 0.25) is 0 Å². The molecule has 9 heteroatoms. The van der Waals surface area contributed by atoms with E-state index < -0.39 is 18.1 Å². The molecule has 9 nitrogen and oxygen atoms in total. The first-order valence-electron chi connectivity index (χ1n) is 20.6. The first-order chi connectivity index (χ1) is 23.7. The number of carbonyl (C=O) groups excluding carboxylic acids is 1. The van der Waals surface area contributed by atoms with Gasteiger partial charge < -0.3 is 29.3 Å². The molecule has 1 amide bonds. The molecule has 50 heavy (non-hydrogen) atoms. The van der Waals surface area contributed by atoms with Gasteiger partial charge in [0.25, 0.3) is 0 Å². The summed E-state index contributed by atoms with van der Waals surface area (Å²) in [5, 5.41) is 22.4. The number of aliphatic carboxylic acids is 1. The van der Waals surface area contributed by atoms with Crippen LogP contribution in [0.15, 0.2) is 0 Å². The summed E-state index contributed by atoms with van der Waals surface area (Å²) in [4.78, 5) is 29.0. The van der Waals surface area contributed by atoms with Crippen molar-refractivity contribution in [1.29, 1.82) is 0 Å². The normalized spacial score (nSPS) is 52.3. The number of likely N-dealkylation sites (tertiary alicyclic amines) is 1. The molecule has 0 bridgehead atoms. The molecule has 14 atom stereocenters. The number of aliphatic hydroxyl groups excluding tert-OH is 1. The van der Waals surface area contributed by atoms with Crippen molar-refractivity contribution < 1.29 is 34.0 Å². The fourth-order valence-electron chi connectivity index (χ4n) is 15.1. The lowest BCUT2D eigenvalue weighted by atomic mass is 9.41. The first-order valence-corrected chi connectivity index (χ1v) is 20.6. The molecule has 3 unspecified atom stereocenters. The number of hydrogen-bond donors (Lipinski definition) is 2. The molecule has 0 radical (unpaired) electrons. The monoisotopic (exact) mass is 696 g/mol. The Hall–Kier alpha value is -1.26. The van der Waals surface area contributed by atoms with Crippen LogP contribution in [0.5, 0.6) is 0 Å². The van der Waals surface area contributed by atoms with Gasteiger partial charge in [0.2, 0.25) is 5.91 Å². The molecule has 9 rings (SSSR count). The van der Waals surface area contributed by atoms with Gasteiger partial charge in [-0.15, -0.1) is 0 Å². The first kappa shape index (κ1) is 34.5. The number of amides is 1. The molecule has 2 spiro atoms. The van der Waals surface area contributed by atoms with E-state index in [0.717, 1.165) is 38.6 Å². The Kier molecular flexibility index (Phi) is 8.02. The summed E-state index contributed by atoms with van der Waals surface area (Å²) in [7, 11) is 0. The van der Waals surface area contributed by atoms with Gasteiger partial charge in [0.15, 0.2) is 6.29 Å². The van der Waals surface area contributed by atoms with Crippen LogP contribution < -0.4 is 0 Å². The Morgan fingerprint density at radius 2 is 1.70 bits per heavy atom. The average molecular weight is 697 g/mol. The maximum atomic E-state index is 12.9. The van der Waals surface area contributed by atoms with Crippen molar-refractivity contribution in [2.75, 3.05) is 32.8 Å². The topological polar surface area (TPSA) is 109 Å². The smallest absolute Gasteiger partial charge is 0.320 e. The molecule has 0 aromatic rings. The highest BCUT2D eigenvalue weighted by Crippen LogP contribution is 2.89. The van der Waals surface area contributed by atoms with Crippen molar-refractivity contribution in [3.63, 3.8) is 0 Å². The summed E-state index contributed by atoms with van der Waals surface area (Å²) in [5.74, 6) is 1.96. The molecule has 3 saturated heterocycles. The quantitative estimate of drug-likeness (QED) is 0.348. The van der Waals surface area contributed by atoms with Crippen molar-refractivity contribution in [3.05, 3.63) is 0 Å². The lowest BCUT2D eigenvalue weighted by molar-refractivity contribution is -0.248. The molecule has 6 aliphatic carbocycles. The fraction of sp³-hybridized carbons (Fsp3) is 0.951. The van der Waals surface area contributed by atoms with Crippen molar-refractivity contribution >= 4 is 11.9 Å². The maximum Gasteiger partial charge on any atom is 0.320 e. The summed E-state index contributed by atoms with van der Waals surface area (Å²) in [6.45, 7) is 15.5. The number of morpholine rings is 1. The number of carboxylic acids is 1. The average Bonchev–Trinajstić information content (AvgIpc) is 3.95. The van der Waals surface area contributed by atoms with Gasteiger partial charge in [-0.2, -0.15) is 0 Å². The fourth-order valence-corrected chi connectivity index (χ4v) is 15.1. The number of hydrogen-bond acceptors (Lipinski definition) is 7. The van der Waals surface area contributed by atoms with Crippen molar-refractivity contribution in [3.8, 4) is 0 Å². The molecule has 9 fully saturated rings. The zero-order chi connectivity index (χ0) is 35.0. The minimum Gasteiger partial charge on any atom is -0.480 e. The van der Waals surface area contributed by atoms with Crippen LogP contribution in [-0.2, 0) is 23.8 Å². The van der Waals surface area contributed by atoms with E-state index in [-0.39, 0.29) is 52.2 Å². The number of fused-ring (bicyclic) bond motifs is 4. The molecular weight excluding hydrogens is 632 g/mol. The third kappa shape index (κ3) is 4.73. The van der Waals surface area contributed by atoms with Crippen molar-refractivity contribution in [1.82, 2.24) is 9.80 Å². The summed E-state index contributed by atoms with van der Waals surface area (Å²) in [6.07, 6.45) is 12.9. The Labute approximate surface area is 299 Å². The van der Waals surface area contributed by atoms with E-state index in [1.807, 2.05) is 4.90 Å². The van der Waals surface area contributed by atoms with Gasteiger partial charge in [0, 0.05) is 24.9 Å². The van der Waals surface area contributed by atoms with E-state index in [2.05, 4.69) is 39.5 Å². The predicted molar refractivity (Wildman–Crippen MR) is 187 cm³/mol. The van der Waals surface area contributed by atoms with E-state index >= 15 is 0 Å². The van der Waals surface area contributed by atoms with Crippen molar-refractivity contribution in [2.45, 2.75) is 155 Å². The van der Waals surface area contributed by atoms with Gasteiger partial charge in [-0.3, -0.25) is 14.5 Å². The van der Waals surface area contributed by atoms with E-state index in [0.29, 0.717) is 74.1 Å². The largest absolute Gasteiger partial charge is 0.480 e. The molecule has 3 heterocycles. The summed E-state index contributed by atoms with van der Waals surface area (Å²) >= 11 is 0. The van der Waals surface area contributed by atoms with Gasteiger partial charge in [-0.25, -0.2) is 0 Å². The lowest BCUT2D eigenvalue weighted by Crippen LogP contribution is -2.60. The second-order valence-electron chi connectivity index (χ2n) is 20.0. The molecule has 2 N–H and O–H groups in total. The minimum atomic E-state index is -0.719. The lowest BCUT2D eigenvalue weighted by Gasteiger charge is -2.64. The Morgan fingerprint density at radius 3 is 2.46 bits per heavy atom. The van der Waals surface area contributed by atoms with E-state index in [9.17, 15) is 19.8 Å². The van der Waals surface area contributed by atoms with Crippen LogP contribution in [0, 0.1) is 56.7 Å². The van der Waals surface area contributed by atoms with Crippen molar-refractivity contribution in [2.24, 2.45) is 56.7 Å². The Balaban J connectivity index is 0.914. The number of carboxylic acid groups (broad SMARTS) is 1. The third-order valence-corrected chi connectivity index (χ3v) is 17.8. The molecule has 3 aliphatic heterocycles. The number of aliphatic hydroxyl groups is 1. The SMILES string of the molecule is C[C@@H]1CC(CN2CCC[C@H]2C(=O)O)OC2[C@H]1[C@@]1(C)CC[C@@]34C[C@@]35CC[C@H](O[C@H]3CN(C(=O)CC6CC6)CCO3)C(C)(C)[C@@H]5CCC4[C@]1(C)[C@H]2O. The number of ether oxygens (including phenoxy) is 3. The predicted octanol–water partition coefficient (Wildman–Crippen LogP) is 5.72. The minimum absolute atomic E-state index is 0.00848. The van der Waals surface area contributed by atoms with Crippen LogP contribution in [0.1, 0.15) is 118 Å². The summed E-state index contributed by atoms with van der Waals surface area (Å²) in [5.41, 5.74) is 0.407. The zero-order valence-corrected chi connectivity index (χ0v) is 31.4. The van der Waals surface area contributed by atoms with E-state index in [1.165, 1.54) is 38.5 Å². The highest BCUT2D eigenvalue weighted by Gasteiger charge is 2.84. The Morgan fingerprint density at radius 1 is 0.940 bits per heavy atom. The highest BCUT2D eigenvalue weighted by molar-refractivity contribution is 5.76. The third-order valence-electron chi connectivity index (χ3n) is 17.8. The molecular formula is C41H64N2O7. The number of nitrogens with zero attached hydrogens (tertiary/aromatic N) is 2. The second kappa shape index (κ2) is 11.6. The summed E-state index contributed by atoms with van der Waals surface area (Å²) in [6, 6.07) is -0.408. The van der Waals surface area contributed by atoms with Crippen LogP contribution in [0.4, 0.5) is 0 Å². The molecule has 280 valence electrons. The summed E-state index contributed by atoms with van der Waals surface area (Å²) < 4.78 is 20.0. The van der Waals surface area contributed by atoms with E-state index in [1.54, 1.807) is 0 Å². The molecule has 6 saturated carbocycles. The zero-order valence-electron chi connectivity index (χ0n) is 31.4. The standard InChI is InChI=1S/C41H64N2O7/c1-24-19-26(21-42-16-6-7-27(42)36(46)47)49-34-33(24)38(4)14-15-41-23-40(41)13-12-30(37(2,3)28(40)10-11-29(41)39(38,5)35(34)45)50-32-22-43(17-18-48-32)31(44)20-25-8-9-25/h24-30,32-35,45H,6-23H2,1-5H3,(H,46,47)/t24-,26?,27+,28+,29?,30+,32+,33+,34?,35+,38-,39-,40-,41+/m1/s1. The molecule has 9 aliphatic rings. The van der Waals surface area contributed by atoms with Gasteiger partial charge in [0.05, 0.1) is 37.6 Å². The van der Waals surface area contributed by atoms with Crippen LogP contribution >= 0.6 is 0 Å².